The quantitative estimate of drug-likeness (QED) is 0.607. The maximum atomic E-state index is 12.5. The molecule has 150 valence electrons. The Hall–Kier alpha value is -3.13. The Morgan fingerprint density at radius 2 is 2.03 bits per heavy atom. The van der Waals surface area contributed by atoms with E-state index in [1.807, 2.05) is 18.2 Å². The molecule has 3 aromatic rings. The molecule has 1 aromatic carbocycles. The fourth-order valence-electron chi connectivity index (χ4n) is 3.23. The number of aromatic nitrogens is 1. The largest absolute Gasteiger partial charge is 0.459 e. The van der Waals surface area contributed by atoms with Gasteiger partial charge in [-0.2, -0.15) is 0 Å². The maximum absolute atomic E-state index is 12.5. The van der Waals surface area contributed by atoms with Crippen LogP contribution in [-0.2, 0) is 19.4 Å². The Balaban J connectivity index is 1.26. The number of amides is 3. The summed E-state index contributed by atoms with van der Waals surface area (Å²) in [5.74, 6) is -0.0798. The lowest BCUT2D eigenvalue weighted by Gasteiger charge is -2.26. The first-order valence-electron chi connectivity index (χ1n) is 9.59. The number of carbonyl (C=O) groups is 2. The van der Waals surface area contributed by atoms with Crippen LogP contribution in [0.4, 0.5) is 9.93 Å². The van der Waals surface area contributed by atoms with Crippen molar-refractivity contribution in [2.75, 3.05) is 18.4 Å². The Bertz CT molecular complexity index is 969. The maximum Gasteiger partial charge on any atom is 0.317 e. The van der Waals surface area contributed by atoms with E-state index in [2.05, 4.69) is 27.8 Å². The van der Waals surface area contributed by atoms with E-state index in [1.165, 1.54) is 23.2 Å². The number of hydrogen-bond donors (Lipinski definition) is 2. The van der Waals surface area contributed by atoms with Gasteiger partial charge in [-0.05, 0) is 30.5 Å². The fraction of sp³-hybridized carbons (Fsp3) is 0.286. The van der Waals surface area contributed by atoms with E-state index in [4.69, 9.17) is 4.42 Å². The molecule has 0 bridgehead atoms. The molecule has 0 unspecified atom stereocenters. The van der Waals surface area contributed by atoms with Gasteiger partial charge >= 0.3 is 6.03 Å². The van der Waals surface area contributed by atoms with E-state index in [9.17, 15) is 9.59 Å². The van der Waals surface area contributed by atoms with Gasteiger partial charge in [0.2, 0.25) is 0 Å². The average Bonchev–Trinajstić information content (AvgIpc) is 3.40. The molecular weight excluding hydrogens is 388 g/mol. The molecule has 0 aliphatic carbocycles. The van der Waals surface area contributed by atoms with Crippen molar-refractivity contribution in [1.82, 2.24) is 15.2 Å². The Kier molecular flexibility index (Phi) is 5.90. The second kappa shape index (κ2) is 8.91. The number of aryl methyl sites for hydroxylation is 1. The second-order valence-electron chi connectivity index (χ2n) is 6.81. The zero-order valence-electron chi connectivity index (χ0n) is 15.9. The highest BCUT2D eigenvalue weighted by atomic mass is 32.1. The van der Waals surface area contributed by atoms with Gasteiger partial charge in [-0.1, -0.05) is 41.7 Å². The van der Waals surface area contributed by atoms with Crippen molar-refractivity contribution < 1.29 is 14.0 Å². The number of anilines is 1. The molecule has 0 fully saturated rings. The number of nitrogens with one attached hydrogen (secondary N) is 2. The zero-order valence-corrected chi connectivity index (χ0v) is 16.7. The van der Waals surface area contributed by atoms with Gasteiger partial charge in [0, 0.05) is 24.4 Å². The fourth-order valence-corrected chi connectivity index (χ4v) is 4.25. The summed E-state index contributed by atoms with van der Waals surface area (Å²) in [4.78, 5) is 31.9. The molecular formula is C21H22N4O3S. The molecule has 0 atom stereocenters. The Labute approximate surface area is 172 Å². The van der Waals surface area contributed by atoms with E-state index in [1.54, 1.807) is 17.0 Å². The highest BCUT2D eigenvalue weighted by molar-refractivity contribution is 7.15. The lowest BCUT2D eigenvalue weighted by atomic mass is 10.1. The molecule has 1 aliphatic heterocycles. The van der Waals surface area contributed by atoms with Gasteiger partial charge in [-0.3, -0.25) is 10.1 Å². The summed E-state index contributed by atoms with van der Waals surface area (Å²) in [6.45, 7) is 1.77. The van der Waals surface area contributed by atoms with Crippen LogP contribution >= 0.6 is 11.3 Å². The molecule has 1 aliphatic rings. The molecule has 0 saturated heterocycles. The molecule has 3 amide bonds. The van der Waals surface area contributed by atoms with Gasteiger partial charge in [-0.15, -0.1) is 0 Å². The Morgan fingerprint density at radius 1 is 1.17 bits per heavy atom. The standard InChI is InChI=1S/C21H22N4O3S/c26-19(17-9-5-13-28-17)24-20-23-16-10-12-25(14-18(16)29-20)21(27)22-11-4-8-15-6-2-1-3-7-15/h1-3,5-7,9,13H,4,8,10-12,14H2,(H,22,27)(H,23,24,26). The van der Waals surface area contributed by atoms with E-state index in [-0.39, 0.29) is 17.7 Å². The summed E-state index contributed by atoms with van der Waals surface area (Å²) in [5.41, 5.74) is 2.22. The topological polar surface area (TPSA) is 87.5 Å². The second-order valence-corrected chi connectivity index (χ2v) is 7.90. The van der Waals surface area contributed by atoms with Crippen molar-refractivity contribution in [2.24, 2.45) is 0 Å². The number of nitrogens with zero attached hydrogens (tertiary/aromatic N) is 2. The summed E-state index contributed by atoms with van der Waals surface area (Å²) in [5, 5.41) is 6.29. The number of urea groups is 1. The van der Waals surface area contributed by atoms with Crippen LogP contribution in [0.2, 0.25) is 0 Å². The first-order valence-corrected chi connectivity index (χ1v) is 10.4. The number of thiazole rings is 1. The lowest BCUT2D eigenvalue weighted by Crippen LogP contribution is -2.42. The van der Waals surface area contributed by atoms with Crippen molar-refractivity contribution in [3.05, 3.63) is 70.6 Å². The van der Waals surface area contributed by atoms with Crippen LogP contribution in [0.5, 0.6) is 0 Å². The molecule has 8 heteroatoms. The number of carbonyl (C=O) groups excluding carboxylic acids is 2. The summed E-state index contributed by atoms with van der Waals surface area (Å²) < 4.78 is 5.10. The molecule has 4 rings (SSSR count). The number of fused-ring (bicyclic) bond motifs is 1. The SMILES string of the molecule is O=C(Nc1nc2c(s1)CN(C(=O)NCCCc1ccccc1)CC2)c1ccco1. The van der Waals surface area contributed by atoms with Crippen molar-refractivity contribution in [2.45, 2.75) is 25.8 Å². The van der Waals surface area contributed by atoms with Crippen LogP contribution in [0.1, 0.15) is 33.1 Å². The highest BCUT2D eigenvalue weighted by Crippen LogP contribution is 2.28. The van der Waals surface area contributed by atoms with Crippen molar-refractivity contribution in [3.63, 3.8) is 0 Å². The molecule has 2 aromatic heterocycles. The molecule has 0 spiro atoms. The van der Waals surface area contributed by atoms with Crippen LogP contribution in [-0.4, -0.2) is 34.9 Å². The van der Waals surface area contributed by atoms with Gasteiger partial charge in [0.15, 0.2) is 10.9 Å². The zero-order chi connectivity index (χ0) is 20.1. The van der Waals surface area contributed by atoms with Gasteiger partial charge in [0.1, 0.15) is 0 Å². The summed E-state index contributed by atoms with van der Waals surface area (Å²) in [6, 6.07) is 13.5. The smallest absolute Gasteiger partial charge is 0.317 e. The van der Waals surface area contributed by atoms with Crippen LogP contribution in [0, 0.1) is 0 Å². The van der Waals surface area contributed by atoms with Crippen LogP contribution in [0.25, 0.3) is 0 Å². The minimum atomic E-state index is -0.325. The van der Waals surface area contributed by atoms with E-state index < -0.39 is 0 Å². The number of benzene rings is 1. The molecule has 29 heavy (non-hydrogen) atoms. The monoisotopic (exact) mass is 410 g/mol. The summed E-state index contributed by atoms with van der Waals surface area (Å²) in [6.07, 6.45) is 3.98. The van der Waals surface area contributed by atoms with Crippen LogP contribution in [0.15, 0.2) is 53.1 Å². The first-order chi connectivity index (χ1) is 14.2. The highest BCUT2D eigenvalue weighted by Gasteiger charge is 2.24. The van der Waals surface area contributed by atoms with Crippen LogP contribution < -0.4 is 10.6 Å². The third-order valence-corrected chi connectivity index (χ3v) is 5.74. The van der Waals surface area contributed by atoms with Gasteiger partial charge < -0.3 is 14.6 Å². The number of hydrogen-bond acceptors (Lipinski definition) is 5. The van der Waals surface area contributed by atoms with Gasteiger partial charge in [0.25, 0.3) is 5.91 Å². The number of rotatable bonds is 6. The molecule has 2 N–H and O–H groups in total. The van der Waals surface area contributed by atoms with Crippen molar-refractivity contribution in [1.29, 1.82) is 0 Å². The molecule has 3 heterocycles. The normalized spacial score (nSPS) is 13.0. The molecule has 0 saturated carbocycles. The predicted molar refractivity (Wildman–Crippen MR) is 111 cm³/mol. The third kappa shape index (κ3) is 4.83. The third-order valence-electron chi connectivity index (χ3n) is 4.75. The minimum Gasteiger partial charge on any atom is -0.459 e. The molecule has 0 radical (unpaired) electrons. The summed E-state index contributed by atoms with van der Waals surface area (Å²) >= 11 is 1.40. The number of furan rings is 1. The van der Waals surface area contributed by atoms with Crippen molar-refractivity contribution >= 4 is 28.4 Å². The summed E-state index contributed by atoms with van der Waals surface area (Å²) in [7, 11) is 0. The van der Waals surface area contributed by atoms with Gasteiger partial charge in [-0.25, -0.2) is 9.78 Å². The Morgan fingerprint density at radius 3 is 2.83 bits per heavy atom. The van der Waals surface area contributed by atoms with E-state index in [0.717, 1.165) is 23.4 Å². The average molecular weight is 410 g/mol. The minimum absolute atomic E-state index is 0.0571. The van der Waals surface area contributed by atoms with E-state index >= 15 is 0 Å². The molecule has 7 nitrogen and oxygen atoms in total. The van der Waals surface area contributed by atoms with Gasteiger partial charge in [0.05, 0.1) is 18.5 Å². The van der Waals surface area contributed by atoms with Crippen LogP contribution in [0.3, 0.4) is 0 Å². The van der Waals surface area contributed by atoms with E-state index in [0.29, 0.717) is 31.2 Å². The predicted octanol–water partition coefficient (Wildman–Crippen LogP) is 3.69. The first kappa shape index (κ1) is 19.2. The van der Waals surface area contributed by atoms with Crippen molar-refractivity contribution in [3.8, 4) is 0 Å². The lowest BCUT2D eigenvalue weighted by molar-refractivity contribution is 0.0996.